The molecule has 2 saturated heterocycles. The smallest absolute Gasteiger partial charge is 0.270 e. The van der Waals surface area contributed by atoms with Crippen molar-refractivity contribution in [1.29, 1.82) is 0 Å². The fourth-order valence-corrected chi connectivity index (χ4v) is 4.61. The predicted octanol–water partition coefficient (Wildman–Crippen LogP) is 2.16. The Labute approximate surface area is 165 Å². The zero-order valence-corrected chi connectivity index (χ0v) is 16.6. The van der Waals surface area contributed by atoms with Crippen LogP contribution in [0.4, 0.5) is 0 Å². The van der Waals surface area contributed by atoms with Gasteiger partial charge in [-0.15, -0.1) is 0 Å². The Morgan fingerprint density at radius 2 is 2.00 bits per heavy atom. The molecule has 0 saturated carbocycles. The average molecular weight is 383 g/mol. The van der Waals surface area contributed by atoms with Crippen LogP contribution in [0, 0.1) is 5.41 Å². The molecule has 28 heavy (non-hydrogen) atoms. The first-order valence-electron chi connectivity index (χ1n) is 10.2. The van der Waals surface area contributed by atoms with Crippen molar-refractivity contribution in [1.82, 2.24) is 23.9 Å². The second kappa shape index (κ2) is 7.81. The zero-order chi connectivity index (χ0) is 19.6. The zero-order valence-electron chi connectivity index (χ0n) is 16.6. The van der Waals surface area contributed by atoms with Crippen LogP contribution in [-0.2, 0) is 18.4 Å². The molecule has 2 aromatic rings. The molecule has 2 amide bonds. The molecular weight excluding hydrogens is 354 g/mol. The SMILES string of the molecule is Cn1cccc1C(=O)N1CCC2(CCC(=O)N(CCCn3ccnc3)C2)CC1. The first kappa shape index (κ1) is 18.8. The maximum absolute atomic E-state index is 12.8. The molecule has 150 valence electrons. The maximum atomic E-state index is 12.8. The van der Waals surface area contributed by atoms with Crippen molar-refractivity contribution in [2.24, 2.45) is 12.5 Å². The first-order chi connectivity index (χ1) is 13.6. The maximum Gasteiger partial charge on any atom is 0.270 e. The summed E-state index contributed by atoms with van der Waals surface area (Å²) in [6, 6.07) is 3.79. The van der Waals surface area contributed by atoms with Gasteiger partial charge in [0.15, 0.2) is 0 Å². The molecule has 1 spiro atoms. The topological polar surface area (TPSA) is 63.4 Å². The minimum atomic E-state index is 0.117. The molecule has 2 aliphatic rings. The van der Waals surface area contributed by atoms with E-state index in [1.165, 1.54) is 0 Å². The third kappa shape index (κ3) is 3.84. The highest BCUT2D eigenvalue weighted by Gasteiger charge is 2.41. The van der Waals surface area contributed by atoms with Gasteiger partial charge in [-0.2, -0.15) is 0 Å². The highest BCUT2D eigenvalue weighted by atomic mass is 16.2. The van der Waals surface area contributed by atoms with Crippen LogP contribution < -0.4 is 0 Å². The largest absolute Gasteiger partial charge is 0.347 e. The van der Waals surface area contributed by atoms with Crippen LogP contribution in [-0.4, -0.2) is 61.9 Å². The van der Waals surface area contributed by atoms with E-state index in [1.54, 1.807) is 6.20 Å². The molecular formula is C21H29N5O2. The summed E-state index contributed by atoms with van der Waals surface area (Å²) in [6.07, 6.45) is 12.0. The molecule has 0 bridgehead atoms. The minimum Gasteiger partial charge on any atom is -0.347 e. The number of piperidine rings is 2. The van der Waals surface area contributed by atoms with Crippen molar-refractivity contribution in [2.75, 3.05) is 26.2 Å². The van der Waals surface area contributed by atoms with Crippen LogP contribution in [0.3, 0.4) is 0 Å². The fraction of sp³-hybridized carbons (Fsp3) is 0.571. The van der Waals surface area contributed by atoms with Crippen LogP contribution in [0.25, 0.3) is 0 Å². The standard InChI is InChI=1S/C21H29N5O2/c1-23-10-2-4-18(23)20(28)25-13-7-21(8-14-25)6-5-19(27)26(16-21)12-3-11-24-15-9-22-17-24/h2,4,9-10,15,17H,3,5-8,11-14,16H2,1H3. The van der Waals surface area contributed by atoms with E-state index in [2.05, 4.69) is 14.5 Å². The molecule has 0 N–H and O–H groups in total. The molecule has 0 atom stereocenters. The summed E-state index contributed by atoms with van der Waals surface area (Å²) >= 11 is 0. The summed E-state index contributed by atoms with van der Waals surface area (Å²) in [5.41, 5.74) is 0.921. The Balaban J connectivity index is 1.32. The number of aryl methyl sites for hydroxylation is 2. The number of amides is 2. The van der Waals surface area contributed by atoms with Crippen molar-refractivity contribution >= 4 is 11.8 Å². The van der Waals surface area contributed by atoms with E-state index in [4.69, 9.17) is 0 Å². The van der Waals surface area contributed by atoms with E-state index < -0.39 is 0 Å². The van der Waals surface area contributed by atoms with E-state index in [1.807, 2.05) is 47.4 Å². The van der Waals surface area contributed by atoms with Gasteiger partial charge in [-0.05, 0) is 43.2 Å². The fourth-order valence-electron chi connectivity index (χ4n) is 4.61. The van der Waals surface area contributed by atoms with Gasteiger partial charge in [0, 0.05) is 64.8 Å². The lowest BCUT2D eigenvalue weighted by atomic mass is 9.72. The van der Waals surface area contributed by atoms with Gasteiger partial charge in [-0.1, -0.05) is 0 Å². The minimum absolute atomic E-state index is 0.117. The summed E-state index contributed by atoms with van der Waals surface area (Å²) in [5, 5.41) is 0. The molecule has 7 heteroatoms. The number of hydrogen-bond donors (Lipinski definition) is 0. The highest BCUT2D eigenvalue weighted by molar-refractivity contribution is 5.92. The molecule has 2 aliphatic heterocycles. The van der Waals surface area contributed by atoms with Gasteiger partial charge in [-0.25, -0.2) is 4.98 Å². The second-order valence-corrected chi connectivity index (χ2v) is 8.27. The van der Waals surface area contributed by atoms with E-state index in [9.17, 15) is 9.59 Å². The van der Waals surface area contributed by atoms with Crippen molar-refractivity contribution in [3.63, 3.8) is 0 Å². The Morgan fingerprint density at radius 3 is 2.68 bits per heavy atom. The van der Waals surface area contributed by atoms with Crippen molar-refractivity contribution in [3.8, 4) is 0 Å². The van der Waals surface area contributed by atoms with Gasteiger partial charge < -0.3 is 18.9 Å². The lowest BCUT2D eigenvalue weighted by molar-refractivity contribution is -0.139. The summed E-state index contributed by atoms with van der Waals surface area (Å²) in [7, 11) is 1.91. The molecule has 4 heterocycles. The number of aromatic nitrogens is 3. The van der Waals surface area contributed by atoms with E-state index in [-0.39, 0.29) is 17.2 Å². The van der Waals surface area contributed by atoms with E-state index >= 15 is 0 Å². The van der Waals surface area contributed by atoms with Crippen molar-refractivity contribution in [2.45, 2.75) is 38.6 Å². The Hall–Kier alpha value is -2.57. The number of carbonyl (C=O) groups is 2. The molecule has 0 aromatic carbocycles. The van der Waals surface area contributed by atoms with Crippen molar-refractivity contribution in [3.05, 3.63) is 42.7 Å². The number of rotatable bonds is 5. The first-order valence-corrected chi connectivity index (χ1v) is 10.2. The van der Waals surface area contributed by atoms with Crippen LogP contribution in [0.1, 0.15) is 42.6 Å². The summed E-state index contributed by atoms with van der Waals surface area (Å²) in [4.78, 5) is 33.3. The van der Waals surface area contributed by atoms with Gasteiger partial charge in [0.2, 0.25) is 5.91 Å². The van der Waals surface area contributed by atoms with Gasteiger partial charge in [-0.3, -0.25) is 9.59 Å². The Kier molecular flexibility index (Phi) is 5.24. The number of hydrogen-bond acceptors (Lipinski definition) is 3. The molecule has 0 aliphatic carbocycles. The summed E-state index contributed by atoms with van der Waals surface area (Å²) in [6.45, 7) is 4.07. The quantitative estimate of drug-likeness (QED) is 0.795. The second-order valence-electron chi connectivity index (χ2n) is 8.27. The predicted molar refractivity (Wildman–Crippen MR) is 106 cm³/mol. The van der Waals surface area contributed by atoms with Crippen LogP contribution in [0.15, 0.2) is 37.1 Å². The molecule has 2 fully saturated rings. The molecule has 2 aromatic heterocycles. The normalized spacial score (nSPS) is 19.4. The lowest BCUT2D eigenvalue weighted by Crippen LogP contribution is -2.52. The monoisotopic (exact) mass is 383 g/mol. The average Bonchev–Trinajstić information content (AvgIpc) is 3.36. The van der Waals surface area contributed by atoms with Crippen LogP contribution >= 0.6 is 0 Å². The summed E-state index contributed by atoms with van der Waals surface area (Å²) in [5.74, 6) is 0.394. The number of likely N-dealkylation sites (tertiary alicyclic amines) is 2. The summed E-state index contributed by atoms with van der Waals surface area (Å²) < 4.78 is 3.94. The van der Waals surface area contributed by atoms with Gasteiger partial charge in [0.25, 0.3) is 5.91 Å². The van der Waals surface area contributed by atoms with Crippen molar-refractivity contribution < 1.29 is 9.59 Å². The molecule has 0 unspecified atom stereocenters. The van der Waals surface area contributed by atoms with Gasteiger partial charge in [0.05, 0.1) is 6.33 Å². The number of nitrogens with zero attached hydrogens (tertiary/aromatic N) is 5. The highest BCUT2D eigenvalue weighted by Crippen LogP contribution is 2.40. The Bertz CT molecular complexity index is 818. The van der Waals surface area contributed by atoms with Gasteiger partial charge >= 0.3 is 0 Å². The van der Waals surface area contributed by atoms with Crippen LogP contribution in [0.2, 0.25) is 0 Å². The van der Waals surface area contributed by atoms with Crippen LogP contribution in [0.5, 0.6) is 0 Å². The molecule has 4 rings (SSSR count). The lowest BCUT2D eigenvalue weighted by Gasteiger charge is -2.47. The Morgan fingerprint density at radius 1 is 1.18 bits per heavy atom. The van der Waals surface area contributed by atoms with E-state index in [0.29, 0.717) is 6.42 Å². The number of carbonyl (C=O) groups excluding carboxylic acids is 2. The third-order valence-electron chi connectivity index (χ3n) is 6.43. The number of imidazole rings is 1. The van der Waals surface area contributed by atoms with E-state index in [0.717, 1.165) is 64.1 Å². The molecule has 7 nitrogen and oxygen atoms in total. The molecule has 0 radical (unpaired) electrons. The van der Waals surface area contributed by atoms with Gasteiger partial charge in [0.1, 0.15) is 5.69 Å². The third-order valence-corrected chi connectivity index (χ3v) is 6.43.